The Labute approximate surface area is 144 Å². The zero-order chi connectivity index (χ0) is 16.9. The largest absolute Gasteiger partial charge is 0.444 e. The van der Waals surface area contributed by atoms with Gasteiger partial charge in [-0.05, 0) is 64.2 Å². The lowest BCUT2D eigenvalue weighted by Crippen LogP contribution is -2.45. The molecular weight excluding hydrogens is 310 g/mol. The van der Waals surface area contributed by atoms with Crippen molar-refractivity contribution in [2.45, 2.75) is 58.1 Å². The highest BCUT2D eigenvalue weighted by Crippen LogP contribution is 2.23. The SMILES string of the molecule is CC(C)(C)OC(=O)N1CCCCC1C/C=C/c1ccc(Cl)cc1. The molecule has 0 N–H and O–H groups in total. The second-order valence-electron chi connectivity index (χ2n) is 7.01. The van der Waals surface area contributed by atoms with Gasteiger partial charge < -0.3 is 9.64 Å². The van der Waals surface area contributed by atoms with Crippen molar-refractivity contribution in [1.29, 1.82) is 0 Å². The highest BCUT2D eigenvalue weighted by Gasteiger charge is 2.29. The fourth-order valence-electron chi connectivity index (χ4n) is 2.74. The van der Waals surface area contributed by atoms with Crippen LogP contribution < -0.4 is 0 Å². The van der Waals surface area contributed by atoms with Gasteiger partial charge >= 0.3 is 6.09 Å². The van der Waals surface area contributed by atoms with Gasteiger partial charge in [0.05, 0.1) is 0 Å². The Morgan fingerprint density at radius 1 is 1.30 bits per heavy atom. The lowest BCUT2D eigenvalue weighted by Gasteiger charge is -2.36. The van der Waals surface area contributed by atoms with Gasteiger partial charge in [-0.3, -0.25) is 0 Å². The van der Waals surface area contributed by atoms with Crippen LogP contribution in [0.4, 0.5) is 4.79 Å². The highest BCUT2D eigenvalue weighted by atomic mass is 35.5. The third kappa shape index (κ3) is 5.91. The summed E-state index contributed by atoms with van der Waals surface area (Å²) in [4.78, 5) is 14.2. The van der Waals surface area contributed by atoms with E-state index in [4.69, 9.17) is 16.3 Å². The Bertz CT molecular complexity index is 545. The molecule has 1 aliphatic heterocycles. The molecule has 126 valence electrons. The number of piperidine rings is 1. The molecule has 23 heavy (non-hydrogen) atoms. The number of carbonyl (C=O) groups excluding carboxylic acids is 1. The van der Waals surface area contributed by atoms with Crippen LogP contribution in [0.15, 0.2) is 30.3 Å². The first kappa shape index (κ1) is 17.9. The molecule has 3 nitrogen and oxygen atoms in total. The summed E-state index contributed by atoms with van der Waals surface area (Å²) in [5, 5.41) is 0.741. The van der Waals surface area contributed by atoms with Gasteiger partial charge in [-0.2, -0.15) is 0 Å². The Morgan fingerprint density at radius 3 is 2.65 bits per heavy atom. The zero-order valence-electron chi connectivity index (χ0n) is 14.2. The van der Waals surface area contributed by atoms with Gasteiger partial charge in [0.2, 0.25) is 0 Å². The number of hydrogen-bond acceptors (Lipinski definition) is 2. The van der Waals surface area contributed by atoms with Crippen molar-refractivity contribution >= 4 is 23.8 Å². The molecule has 1 aliphatic rings. The van der Waals surface area contributed by atoms with Crippen LogP contribution in [-0.2, 0) is 4.74 Å². The molecule has 1 saturated heterocycles. The molecular formula is C19H26ClNO2. The first-order valence-electron chi connectivity index (χ1n) is 8.27. The molecule has 1 aromatic rings. The minimum atomic E-state index is -0.446. The standard InChI is InChI=1S/C19H26ClNO2/c1-19(2,3)23-18(22)21-14-5-4-8-17(21)9-6-7-15-10-12-16(20)13-11-15/h6-7,10-13,17H,4-5,8-9,14H2,1-3H3/b7-6+. The Morgan fingerprint density at radius 2 is 2.00 bits per heavy atom. The first-order chi connectivity index (χ1) is 10.8. The number of hydrogen-bond donors (Lipinski definition) is 0. The maximum Gasteiger partial charge on any atom is 0.410 e. The number of benzene rings is 1. The van der Waals surface area contributed by atoms with Gasteiger partial charge in [-0.15, -0.1) is 0 Å². The third-order valence-corrected chi connectivity index (χ3v) is 4.10. The van der Waals surface area contributed by atoms with E-state index in [0.717, 1.165) is 36.4 Å². The van der Waals surface area contributed by atoms with Gasteiger partial charge in [-0.25, -0.2) is 4.79 Å². The molecule has 4 heteroatoms. The summed E-state index contributed by atoms with van der Waals surface area (Å²) in [6, 6.07) is 7.97. The average Bonchev–Trinajstić information content (AvgIpc) is 2.48. The third-order valence-electron chi connectivity index (χ3n) is 3.84. The van der Waals surface area contributed by atoms with Crippen molar-refractivity contribution in [1.82, 2.24) is 4.90 Å². The predicted molar refractivity (Wildman–Crippen MR) is 95.7 cm³/mol. The molecule has 0 spiro atoms. The van der Waals surface area contributed by atoms with E-state index >= 15 is 0 Å². The molecule has 0 radical (unpaired) electrons. The number of likely N-dealkylation sites (tertiary alicyclic amines) is 1. The first-order valence-corrected chi connectivity index (χ1v) is 8.65. The van der Waals surface area contributed by atoms with Gasteiger partial charge in [0, 0.05) is 17.6 Å². The number of ether oxygens (including phenoxy) is 1. The van der Waals surface area contributed by atoms with Crippen LogP contribution in [0.25, 0.3) is 6.08 Å². The minimum absolute atomic E-state index is 0.193. The highest BCUT2D eigenvalue weighted by molar-refractivity contribution is 6.30. The second kappa shape index (κ2) is 7.87. The van der Waals surface area contributed by atoms with E-state index in [1.807, 2.05) is 49.9 Å². The predicted octanol–water partition coefficient (Wildman–Crippen LogP) is 5.53. The number of carbonyl (C=O) groups is 1. The molecule has 0 saturated carbocycles. The summed E-state index contributed by atoms with van der Waals surface area (Å²) >= 11 is 5.89. The van der Waals surface area contributed by atoms with Crippen molar-refractivity contribution < 1.29 is 9.53 Å². The quantitative estimate of drug-likeness (QED) is 0.726. The minimum Gasteiger partial charge on any atom is -0.444 e. The van der Waals surface area contributed by atoms with Crippen LogP contribution in [0.2, 0.25) is 5.02 Å². The second-order valence-corrected chi connectivity index (χ2v) is 7.45. The monoisotopic (exact) mass is 335 g/mol. The summed E-state index contributed by atoms with van der Waals surface area (Å²) in [7, 11) is 0. The van der Waals surface area contributed by atoms with Crippen LogP contribution in [-0.4, -0.2) is 29.2 Å². The fourth-order valence-corrected chi connectivity index (χ4v) is 2.87. The average molecular weight is 336 g/mol. The van der Waals surface area contributed by atoms with Crippen molar-refractivity contribution in [3.8, 4) is 0 Å². The van der Waals surface area contributed by atoms with E-state index in [1.54, 1.807) is 0 Å². The van der Waals surface area contributed by atoms with E-state index in [2.05, 4.69) is 12.2 Å². The molecule has 1 unspecified atom stereocenters. The van der Waals surface area contributed by atoms with Crippen LogP contribution in [0.3, 0.4) is 0 Å². The van der Waals surface area contributed by atoms with Gasteiger partial charge in [-0.1, -0.05) is 35.9 Å². The number of rotatable bonds is 3. The summed E-state index contributed by atoms with van der Waals surface area (Å²) in [6.07, 6.45) is 8.12. The van der Waals surface area contributed by atoms with Crippen molar-refractivity contribution in [3.05, 3.63) is 40.9 Å². The van der Waals surface area contributed by atoms with Crippen LogP contribution in [0.1, 0.15) is 52.0 Å². The molecule has 2 rings (SSSR count). The maximum atomic E-state index is 12.4. The molecule has 0 aromatic heterocycles. The van der Waals surface area contributed by atoms with Crippen LogP contribution in [0.5, 0.6) is 0 Å². The molecule has 1 aromatic carbocycles. The molecule has 1 atom stereocenters. The van der Waals surface area contributed by atoms with Gasteiger partial charge in [0.1, 0.15) is 5.60 Å². The molecule has 0 bridgehead atoms. The Balaban J connectivity index is 1.95. The molecule has 0 aliphatic carbocycles. The van der Waals surface area contributed by atoms with E-state index in [1.165, 1.54) is 6.42 Å². The van der Waals surface area contributed by atoms with E-state index in [9.17, 15) is 4.79 Å². The van der Waals surface area contributed by atoms with Crippen molar-refractivity contribution in [3.63, 3.8) is 0 Å². The van der Waals surface area contributed by atoms with Crippen LogP contribution in [0, 0.1) is 0 Å². The summed E-state index contributed by atoms with van der Waals surface area (Å²) < 4.78 is 5.53. The lowest BCUT2D eigenvalue weighted by atomic mass is 9.99. The van der Waals surface area contributed by atoms with E-state index < -0.39 is 5.60 Å². The molecule has 1 heterocycles. The fraction of sp³-hybridized carbons (Fsp3) is 0.526. The normalized spacial score (nSPS) is 19.1. The Hall–Kier alpha value is -1.48. The van der Waals surface area contributed by atoms with Gasteiger partial charge in [0.25, 0.3) is 0 Å². The van der Waals surface area contributed by atoms with E-state index in [0.29, 0.717) is 0 Å². The van der Waals surface area contributed by atoms with E-state index in [-0.39, 0.29) is 12.1 Å². The number of nitrogens with zero attached hydrogens (tertiary/aromatic N) is 1. The van der Waals surface area contributed by atoms with Crippen LogP contribution >= 0.6 is 11.6 Å². The van der Waals surface area contributed by atoms with Crippen molar-refractivity contribution in [2.75, 3.05) is 6.54 Å². The number of amides is 1. The summed E-state index contributed by atoms with van der Waals surface area (Å²) in [5.41, 5.74) is 0.673. The lowest BCUT2D eigenvalue weighted by molar-refractivity contribution is 0.0103. The van der Waals surface area contributed by atoms with Gasteiger partial charge in [0.15, 0.2) is 0 Å². The Kier molecular flexibility index (Phi) is 6.11. The summed E-state index contributed by atoms with van der Waals surface area (Å²) in [6.45, 7) is 6.51. The smallest absolute Gasteiger partial charge is 0.410 e. The van der Waals surface area contributed by atoms with Crippen molar-refractivity contribution in [2.24, 2.45) is 0 Å². The summed E-state index contributed by atoms with van der Waals surface area (Å²) in [5.74, 6) is 0. The number of halogens is 1. The molecule has 1 fully saturated rings. The zero-order valence-corrected chi connectivity index (χ0v) is 15.0. The topological polar surface area (TPSA) is 29.5 Å². The molecule has 1 amide bonds. The maximum absolute atomic E-state index is 12.4.